The van der Waals surface area contributed by atoms with Crippen LogP contribution in [0.2, 0.25) is 0 Å². The van der Waals surface area contributed by atoms with Gasteiger partial charge in [0.15, 0.2) is 0 Å². The van der Waals surface area contributed by atoms with Crippen molar-refractivity contribution in [2.24, 2.45) is 0 Å². The van der Waals surface area contributed by atoms with Gasteiger partial charge >= 0.3 is 5.97 Å². The smallest absolute Gasteiger partial charge is 0.338 e. The van der Waals surface area contributed by atoms with Crippen LogP contribution in [0.1, 0.15) is 29.1 Å². The normalized spacial score (nSPS) is 11.9. The summed E-state index contributed by atoms with van der Waals surface area (Å²) in [4.78, 5) is 22.7. The molecule has 18 heavy (non-hydrogen) atoms. The number of anilines is 1. The topological polar surface area (TPSA) is 79.9 Å². The van der Waals surface area contributed by atoms with Crippen molar-refractivity contribution in [2.45, 2.75) is 13.0 Å². The molecule has 2 heterocycles. The van der Waals surface area contributed by atoms with E-state index in [1.165, 1.54) is 7.11 Å². The number of hydrogen-bond donors (Lipinski definition) is 2. The van der Waals surface area contributed by atoms with Crippen molar-refractivity contribution in [1.29, 1.82) is 0 Å². The van der Waals surface area contributed by atoms with Crippen LogP contribution in [0.25, 0.3) is 0 Å². The Labute approximate surface area is 104 Å². The third-order valence-electron chi connectivity index (χ3n) is 2.47. The van der Waals surface area contributed by atoms with E-state index in [0.717, 1.165) is 5.82 Å². The van der Waals surface area contributed by atoms with E-state index >= 15 is 0 Å². The zero-order valence-electron chi connectivity index (χ0n) is 10.2. The minimum atomic E-state index is -0.383. The second-order valence-electron chi connectivity index (χ2n) is 3.76. The lowest BCUT2D eigenvalue weighted by molar-refractivity contribution is 0.0600. The number of carbonyl (C=O) groups is 1. The van der Waals surface area contributed by atoms with Gasteiger partial charge in [0, 0.05) is 18.6 Å². The van der Waals surface area contributed by atoms with Gasteiger partial charge in [-0.3, -0.25) is 0 Å². The fourth-order valence-electron chi connectivity index (χ4n) is 1.56. The Morgan fingerprint density at radius 2 is 2.28 bits per heavy atom. The van der Waals surface area contributed by atoms with Crippen molar-refractivity contribution in [3.8, 4) is 0 Å². The average molecular weight is 246 g/mol. The van der Waals surface area contributed by atoms with Gasteiger partial charge in [-0.2, -0.15) is 0 Å². The Morgan fingerprint density at radius 3 is 2.94 bits per heavy atom. The van der Waals surface area contributed by atoms with E-state index < -0.39 is 0 Å². The van der Waals surface area contributed by atoms with Gasteiger partial charge in [0.2, 0.25) is 0 Å². The maximum Gasteiger partial charge on any atom is 0.338 e. The lowest BCUT2D eigenvalue weighted by atomic mass is 10.2. The SMILES string of the molecule is COC(=O)c1ccnc(NC(C)c2ncc[nH]2)c1. The monoisotopic (exact) mass is 246 g/mol. The number of pyridine rings is 1. The van der Waals surface area contributed by atoms with E-state index in [1.54, 1.807) is 30.7 Å². The molecule has 0 aliphatic rings. The van der Waals surface area contributed by atoms with Crippen molar-refractivity contribution < 1.29 is 9.53 Å². The second kappa shape index (κ2) is 5.31. The molecule has 2 N–H and O–H groups in total. The van der Waals surface area contributed by atoms with Gasteiger partial charge in [-0.05, 0) is 19.1 Å². The molecule has 0 aliphatic carbocycles. The van der Waals surface area contributed by atoms with Crippen LogP contribution in [-0.2, 0) is 4.74 Å². The average Bonchev–Trinajstić information content (AvgIpc) is 2.92. The van der Waals surface area contributed by atoms with E-state index in [1.807, 2.05) is 6.92 Å². The molecule has 0 aliphatic heterocycles. The minimum Gasteiger partial charge on any atom is -0.465 e. The summed E-state index contributed by atoms with van der Waals surface area (Å²) in [6.45, 7) is 1.95. The first kappa shape index (κ1) is 12.1. The van der Waals surface area contributed by atoms with Crippen LogP contribution in [0.3, 0.4) is 0 Å². The van der Waals surface area contributed by atoms with Gasteiger partial charge in [-0.25, -0.2) is 14.8 Å². The zero-order valence-corrected chi connectivity index (χ0v) is 10.2. The quantitative estimate of drug-likeness (QED) is 0.803. The number of nitrogens with zero attached hydrogens (tertiary/aromatic N) is 2. The van der Waals surface area contributed by atoms with Crippen LogP contribution in [0.4, 0.5) is 5.82 Å². The number of carbonyl (C=O) groups excluding carboxylic acids is 1. The molecule has 2 rings (SSSR count). The van der Waals surface area contributed by atoms with E-state index in [4.69, 9.17) is 0 Å². The fourth-order valence-corrected chi connectivity index (χ4v) is 1.56. The predicted molar refractivity (Wildman–Crippen MR) is 66.2 cm³/mol. The first-order valence-electron chi connectivity index (χ1n) is 5.51. The number of aromatic nitrogens is 3. The molecule has 2 aromatic rings. The predicted octanol–water partition coefficient (Wildman–Crippen LogP) is 1.76. The summed E-state index contributed by atoms with van der Waals surface area (Å²) in [5, 5.41) is 3.15. The van der Waals surface area contributed by atoms with Crippen molar-refractivity contribution in [3.63, 3.8) is 0 Å². The lowest BCUT2D eigenvalue weighted by Crippen LogP contribution is -2.10. The third kappa shape index (κ3) is 2.65. The molecule has 2 aromatic heterocycles. The molecule has 0 saturated heterocycles. The van der Waals surface area contributed by atoms with Crippen molar-refractivity contribution in [1.82, 2.24) is 15.0 Å². The molecular weight excluding hydrogens is 232 g/mol. The Kier molecular flexibility index (Phi) is 3.57. The van der Waals surface area contributed by atoms with E-state index in [0.29, 0.717) is 11.4 Å². The van der Waals surface area contributed by atoms with Crippen LogP contribution in [0.5, 0.6) is 0 Å². The molecule has 94 valence electrons. The Bertz CT molecular complexity index is 525. The zero-order chi connectivity index (χ0) is 13.0. The van der Waals surface area contributed by atoms with E-state index in [-0.39, 0.29) is 12.0 Å². The number of esters is 1. The van der Waals surface area contributed by atoms with Gasteiger partial charge < -0.3 is 15.0 Å². The largest absolute Gasteiger partial charge is 0.465 e. The van der Waals surface area contributed by atoms with Gasteiger partial charge in [-0.1, -0.05) is 0 Å². The number of rotatable bonds is 4. The Balaban J connectivity index is 2.12. The Hall–Kier alpha value is -2.37. The van der Waals surface area contributed by atoms with Crippen molar-refractivity contribution in [3.05, 3.63) is 42.1 Å². The van der Waals surface area contributed by atoms with Crippen LogP contribution < -0.4 is 5.32 Å². The molecule has 1 atom stereocenters. The highest BCUT2D eigenvalue weighted by atomic mass is 16.5. The van der Waals surface area contributed by atoms with E-state index in [9.17, 15) is 4.79 Å². The molecule has 0 bridgehead atoms. The molecule has 1 unspecified atom stereocenters. The summed E-state index contributed by atoms with van der Waals surface area (Å²) in [6.07, 6.45) is 5.00. The van der Waals surface area contributed by atoms with Crippen LogP contribution in [0.15, 0.2) is 30.7 Å². The van der Waals surface area contributed by atoms with Gasteiger partial charge in [0.05, 0.1) is 18.7 Å². The highest BCUT2D eigenvalue weighted by molar-refractivity contribution is 5.89. The summed E-state index contributed by atoms with van der Waals surface area (Å²) in [6, 6.07) is 3.22. The molecular formula is C12H14N4O2. The first-order valence-corrected chi connectivity index (χ1v) is 5.51. The van der Waals surface area contributed by atoms with Crippen molar-refractivity contribution >= 4 is 11.8 Å². The second-order valence-corrected chi connectivity index (χ2v) is 3.76. The molecule has 6 nitrogen and oxygen atoms in total. The van der Waals surface area contributed by atoms with Crippen LogP contribution in [-0.4, -0.2) is 28.0 Å². The van der Waals surface area contributed by atoms with Gasteiger partial charge in [0.25, 0.3) is 0 Å². The highest BCUT2D eigenvalue weighted by Gasteiger charge is 2.10. The van der Waals surface area contributed by atoms with E-state index in [2.05, 4.69) is 25.0 Å². The van der Waals surface area contributed by atoms with Gasteiger partial charge in [-0.15, -0.1) is 0 Å². The summed E-state index contributed by atoms with van der Waals surface area (Å²) in [7, 11) is 1.35. The number of nitrogens with one attached hydrogen (secondary N) is 2. The number of aromatic amines is 1. The standard InChI is InChI=1S/C12H14N4O2/c1-8(11-14-5-6-15-11)16-10-7-9(3-4-13-10)12(17)18-2/h3-8H,1-2H3,(H,13,16)(H,14,15). The molecule has 0 amide bonds. The molecule has 0 fully saturated rings. The molecule has 0 spiro atoms. The lowest BCUT2D eigenvalue weighted by Gasteiger charge is -2.12. The van der Waals surface area contributed by atoms with Gasteiger partial charge in [0.1, 0.15) is 11.6 Å². The summed E-state index contributed by atoms with van der Waals surface area (Å²) >= 11 is 0. The third-order valence-corrected chi connectivity index (χ3v) is 2.47. The summed E-state index contributed by atoms with van der Waals surface area (Å²) in [5.74, 6) is 1.02. The number of hydrogen-bond acceptors (Lipinski definition) is 5. The molecule has 0 radical (unpaired) electrons. The minimum absolute atomic E-state index is 0.0274. The fraction of sp³-hybridized carbons (Fsp3) is 0.250. The highest BCUT2D eigenvalue weighted by Crippen LogP contribution is 2.15. The maximum absolute atomic E-state index is 11.4. The molecule has 0 aromatic carbocycles. The number of methoxy groups -OCH3 is 1. The maximum atomic E-state index is 11.4. The number of ether oxygens (including phenoxy) is 1. The Morgan fingerprint density at radius 1 is 1.44 bits per heavy atom. The molecule has 0 saturated carbocycles. The van der Waals surface area contributed by atoms with Crippen LogP contribution >= 0.6 is 0 Å². The summed E-state index contributed by atoms with van der Waals surface area (Å²) in [5.41, 5.74) is 0.460. The van der Waals surface area contributed by atoms with Crippen molar-refractivity contribution in [2.75, 3.05) is 12.4 Å². The first-order chi connectivity index (χ1) is 8.70. The van der Waals surface area contributed by atoms with Crippen LogP contribution in [0, 0.1) is 0 Å². The molecule has 6 heteroatoms. The summed E-state index contributed by atoms with van der Waals surface area (Å²) < 4.78 is 4.66. The number of imidazole rings is 1. The number of H-pyrrole nitrogens is 1.